The molecule has 0 aromatic rings. The first-order chi connectivity index (χ1) is 4.35. The van der Waals surface area contributed by atoms with Gasteiger partial charge in [0.1, 0.15) is 0 Å². The van der Waals surface area contributed by atoms with Gasteiger partial charge >= 0.3 is 7.48 Å². The van der Waals surface area contributed by atoms with Crippen molar-refractivity contribution in [1.82, 2.24) is 0 Å². The molecule has 0 bridgehead atoms. The molecule has 0 aromatic heterocycles. The summed E-state index contributed by atoms with van der Waals surface area (Å²) < 4.78 is 0. The van der Waals surface area contributed by atoms with Gasteiger partial charge in [-0.25, -0.2) is 0 Å². The summed E-state index contributed by atoms with van der Waals surface area (Å²) in [7, 11) is 1.02. The molecule has 1 radical (unpaired) electrons. The lowest BCUT2D eigenvalue weighted by Crippen LogP contribution is -1.89. The van der Waals surface area contributed by atoms with Crippen LogP contribution in [0.5, 0.6) is 0 Å². The third-order valence-corrected chi connectivity index (χ3v) is 0.855. The molecule has 0 aliphatic rings. The largest absolute Gasteiger partial charge is 0.450 e. The molecule has 9 heavy (non-hydrogen) atoms. The summed E-state index contributed by atoms with van der Waals surface area (Å²) in [5.74, 6) is 0. The van der Waals surface area contributed by atoms with E-state index in [4.69, 9.17) is 5.02 Å². The van der Waals surface area contributed by atoms with Crippen LogP contribution in [0.1, 0.15) is 6.92 Å². The molecule has 0 aromatic carbocycles. The Kier molecular flexibility index (Phi) is 4.83. The third-order valence-electron chi connectivity index (χ3n) is 0.855. The average molecular weight is 122 g/mol. The van der Waals surface area contributed by atoms with E-state index in [2.05, 4.69) is 11.7 Å². The number of hydrogen-bond donors (Lipinski definition) is 1. The van der Waals surface area contributed by atoms with Crippen molar-refractivity contribution in [2.75, 3.05) is 0 Å². The van der Waals surface area contributed by atoms with E-state index in [-0.39, 0.29) is 0 Å². The Morgan fingerprint density at radius 1 is 1.78 bits per heavy atom. The molecule has 0 heterocycles. The molecule has 0 atom stereocenters. The standard InChI is InChI=1S/C6H9BNO/c1-3-6(7-9)4-5-8-2/h3-5,9H,2H2,1H3/b5-4-,6-3+. The lowest BCUT2D eigenvalue weighted by Gasteiger charge is -1.86. The van der Waals surface area contributed by atoms with Gasteiger partial charge in [-0.15, -0.1) is 0 Å². The molecule has 0 rings (SSSR count). The average Bonchev–Trinajstić information content (AvgIpc) is 1.91. The molecule has 0 spiro atoms. The Labute approximate surface area is 55.9 Å². The Hall–Kier alpha value is -0.825. The molecule has 0 aliphatic heterocycles. The SMILES string of the molecule is C=N/C=C\C([B]O)=C/C. The van der Waals surface area contributed by atoms with Crippen molar-refractivity contribution in [3.05, 3.63) is 23.8 Å². The number of aliphatic imine (C=N–C) groups is 1. The van der Waals surface area contributed by atoms with Gasteiger partial charge in [-0.3, -0.25) is 4.99 Å². The highest BCUT2D eigenvalue weighted by Gasteiger charge is 1.86. The van der Waals surface area contributed by atoms with Crippen molar-refractivity contribution in [2.45, 2.75) is 6.92 Å². The van der Waals surface area contributed by atoms with Crippen molar-refractivity contribution in [2.24, 2.45) is 4.99 Å². The molecule has 3 heteroatoms. The Bertz CT molecular complexity index is 140. The first-order valence-electron chi connectivity index (χ1n) is 2.61. The minimum atomic E-state index is 0.724. The van der Waals surface area contributed by atoms with E-state index >= 15 is 0 Å². The summed E-state index contributed by atoms with van der Waals surface area (Å²) in [4.78, 5) is 3.47. The minimum Gasteiger partial charge on any atom is -0.450 e. The highest BCUT2D eigenvalue weighted by molar-refractivity contribution is 6.37. The first kappa shape index (κ1) is 8.17. The van der Waals surface area contributed by atoms with Gasteiger partial charge in [-0.1, -0.05) is 11.5 Å². The molecule has 0 amide bonds. The molecule has 0 saturated carbocycles. The van der Waals surface area contributed by atoms with Crippen LogP contribution in [0.25, 0.3) is 0 Å². The van der Waals surface area contributed by atoms with Crippen LogP contribution >= 0.6 is 0 Å². The van der Waals surface area contributed by atoms with E-state index in [0.717, 1.165) is 13.0 Å². The van der Waals surface area contributed by atoms with Crippen LogP contribution in [0.3, 0.4) is 0 Å². The molecule has 0 aliphatic carbocycles. The van der Waals surface area contributed by atoms with Gasteiger partial charge < -0.3 is 5.02 Å². The molecule has 0 saturated heterocycles. The van der Waals surface area contributed by atoms with Crippen molar-refractivity contribution in [3.8, 4) is 0 Å². The van der Waals surface area contributed by atoms with E-state index in [1.807, 2.05) is 6.92 Å². The molecule has 0 unspecified atom stereocenters. The smallest absolute Gasteiger partial charge is 0.326 e. The van der Waals surface area contributed by atoms with Crippen molar-refractivity contribution >= 4 is 14.2 Å². The second kappa shape index (κ2) is 5.31. The van der Waals surface area contributed by atoms with Crippen molar-refractivity contribution < 1.29 is 5.02 Å². The Morgan fingerprint density at radius 3 is 2.78 bits per heavy atom. The van der Waals surface area contributed by atoms with E-state index in [1.54, 1.807) is 12.2 Å². The maximum absolute atomic E-state index is 8.45. The van der Waals surface area contributed by atoms with Gasteiger partial charge in [0, 0.05) is 6.20 Å². The maximum Gasteiger partial charge on any atom is 0.326 e. The highest BCUT2D eigenvalue weighted by Crippen LogP contribution is 1.91. The van der Waals surface area contributed by atoms with Crippen LogP contribution in [-0.4, -0.2) is 19.2 Å². The predicted octanol–water partition coefficient (Wildman–Crippen LogP) is 0.716. The van der Waals surface area contributed by atoms with Crippen molar-refractivity contribution in [1.29, 1.82) is 0 Å². The van der Waals surface area contributed by atoms with E-state index < -0.39 is 0 Å². The molecule has 0 fully saturated rings. The van der Waals surface area contributed by atoms with Crippen LogP contribution in [0.4, 0.5) is 0 Å². The van der Waals surface area contributed by atoms with Gasteiger partial charge in [0.05, 0.1) is 0 Å². The fraction of sp³-hybridized carbons (Fsp3) is 0.167. The second-order valence-corrected chi connectivity index (χ2v) is 1.42. The molecule has 2 nitrogen and oxygen atoms in total. The minimum absolute atomic E-state index is 0.724. The van der Waals surface area contributed by atoms with Crippen LogP contribution < -0.4 is 0 Å². The summed E-state index contributed by atoms with van der Waals surface area (Å²) >= 11 is 0. The number of allylic oxidation sites excluding steroid dienone is 3. The molecule has 47 valence electrons. The fourth-order valence-corrected chi connectivity index (χ4v) is 0.353. The molecular formula is C6H9BNO. The summed E-state index contributed by atoms with van der Waals surface area (Å²) in [5, 5.41) is 8.45. The lowest BCUT2D eigenvalue weighted by atomic mass is 9.88. The predicted molar refractivity (Wildman–Crippen MR) is 40.4 cm³/mol. The Balaban J connectivity index is 3.84. The zero-order valence-electron chi connectivity index (χ0n) is 5.41. The first-order valence-corrected chi connectivity index (χ1v) is 2.61. The lowest BCUT2D eigenvalue weighted by molar-refractivity contribution is 0.612. The van der Waals surface area contributed by atoms with Crippen molar-refractivity contribution in [3.63, 3.8) is 0 Å². The second-order valence-electron chi connectivity index (χ2n) is 1.42. The maximum atomic E-state index is 8.45. The van der Waals surface area contributed by atoms with Gasteiger partial charge in [0.15, 0.2) is 0 Å². The van der Waals surface area contributed by atoms with Crippen LogP contribution in [0.15, 0.2) is 28.8 Å². The zero-order valence-corrected chi connectivity index (χ0v) is 5.41. The highest BCUT2D eigenvalue weighted by atomic mass is 16.2. The fourth-order valence-electron chi connectivity index (χ4n) is 0.353. The van der Waals surface area contributed by atoms with Gasteiger partial charge in [-0.2, -0.15) is 0 Å². The summed E-state index contributed by atoms with van der Waals surface area (Å²) in [6.07, 6.45) is 4.94. The third kappa shape index (κ3) is 3.73. The topological polar surface area (TPSA) is 32.6 Å². The van der Waals surface area contributed by atoms with E-state index in [0.29, 0.717) is 0 Å². The monoisotopic (exact) mass is 122 g/mol. The summed E-state index contributed by atoms with van der Waals surface area (Å²) in [5.41, 5.74) is 0.724. The Morgan fingerprint density at radius 2 is 2.44 bits per heavy atom. The van der Waals surface area contributed by atoms with Crippen LogP contribution in [0, 0.1) is 0 Å². The molecule has 1 N–H and O–H groups in total. The van der Waals surface area contributed by atoms with Gasteiger partial charge in [0.25, 0.3) is 0 Å². The van der Waals surface area contributed by atoms with Gasteiger partial charge in [-0.05, 0) is 19.7 Å². The zero-order chi connectivity index (χ0) is 7.11. The van der Waals surface area contributed by atoms with E-state index in [9.17, 15) is 0 Å². The van der Waals surface area contributed by atoms with E-state index in [1.165, 1.54) is 6.20 Å². The normalized spacial score (nSPS) is 12.0. The van der Waals surface area contributed by atoms with Crippen LogP contribution in [0.2, 0.25) is 0 Å². The quantitative estimate of drug-likeness (QED) is 0.333. The number of hydrogen-bond acceptors (Lipinski definition) is 2. The molecular weight excluding hydrogens is 113 g/mol. The summed E-state index contributed by atoms with van der Waals surface area (Å²) in [6, 6.07) is 0. The summed E-state index contributed by atoms with van der Waals surface area (Å²) in [6.45, 7) is 5.07. The van der Waals surface area contributed by atoms with Crippen LogP contribution in [-0.2, 0) is 0 Å². The van der Waals surface area contributed by atoms with Gasteiger partial charge in [0.2, 0.25) is 0 Å². The number of nitrogens with zero attached hydrogens (tertiary/aromatic N) is 1. The number of rotatable bonds is 3.